The minimum Gasteiger partial charge on any atom is -0.468 e. The normalized spacial score (nSPS) is 17.8. The number of hydrogen-bond donors (Lipinski definition) is 0. The van der Waals surface area contributed by atoms with E-state index in [-0.39, 0.29) is 5.57 Å². The Morgan fingerprint density at radius 2 is 1.19 bits per heavy atom. The van der Waals surface area contributed by atoms with E-state index in [9.17, 15) is 19.2 Å². The smallest absolute Gasteiger partial charge is 0.342 e. The van der Waals surface area contributed by atoms with Gasteiger partial charge in [-0.3, -0.25) is 9.59 Å². The average molecular weight is 434 g/mol. The second kappa shape index (κ2) is 9.01. The molecule has 1 aliphatic rings. The van der Waals surface area contributed by atoms with Gasteiger partial charge < -0.3 is 14.2 Å². The molecule has 0 saturated heterocycles. The predicted octanol–water partition coefficient (Wildman–Crippen LogP) is 2.89. The summed E-state index contributed by atoms with van der Waals surface area (Å²) in [4.78, 5) is 52.3. The van der Waals surface area contributed by atoms with Crippen LogP contribution >= 0.6 is 0 Å². The van der Waals surface area contributed by atoms with Crippen molar-refractivity contribution in [2.45, 2.75) is 6.92 Å². The summed E-state index contributed by atoms with van der Waals surface area (Å²) in [6.45, 7) is 1.38. The first-order chi connectivity index (χ1) is 15.3. The summed E-state index contributed by atoms with van der Waals surface area (Å²) in [5.74, 6) is -3.72. The van der Waals surface area contributed by atoms with Crippen molar-refractivity contribution in [1.29, 1.82) is 0 Å². The average Bonchev–Trinajstić information content (AvgIpc) is 3.07. The Balaban J connectivity index is 2.53. The number of ether oxygens (including phenoxy) is 3. The molecule has 0 radical (unpaired) electrons. The second-order valence-corrected chi connectivity index (χ2v) is 7.16. The van der Waals surface area contributed by atoms with E-state index in [0.717, 1.165) is 21.3 Å². The van der Waals surface area contributed by atoms with Crippen LogP contribution in [0.4, 0.5) is 0 Å². The van der Waals surface area contributed by atoms with Crippen molar-refractivity contribution in [3.63, 3.8) is 0 Å². The lowest BCUT2D eigenvalue weighted by atomic mass is 9.74. The third-order valence-corrected chi connectivity index (χ3v) is 5.45. The molecule has 2 aromatic carbocycles. The fourth-order valence-corrected chi connectivity index (χ4v) is 3.98. The molecule has 0 aromatic heterocycles. The molecule has 0 unspecified atom stereocenters. The van der Waals surface area contributed by atoms with Gasteiger partial charge in [0.2, 0.25) is 0 Å². The van der Waals surface area contributed by atoms with Gasteiger partial charge >= 0.3 is 17.9 Å². The first kappa shape index (κ1) is 22.7. The standard InChI is InChI=1S/C25H22O7/c1-25(24(29)32-4)19(21(26)18(22(27)30-2)20(25)23(28)31-3)17(15-11-7-5-8-12-15)16-13-9-6-10-14-16/h5-14H,1-4H3/t25-/m1/s1. The Bertz CT molecular complexity index is 1100. The van der Waals surface area contributed by atoms with Gasteiger partial charge in [-0.25, -0.2) is 9.59 Å². The maximum absolute atomic E-state index is 13.7. The predicted molar refractivity (Wildman–Crippen MR) is 115 cm³/mol. The topological polar surface area (TPSA) is 96.0 Å². The highest BCUT2D eigenvalue weighted by Gasteiger charge is 2.59. The van der Waals surface area contributed by atoms with Crippen LogP contribution in [0.2, 0.25) is 0 Å². The number of esters is 3. The highest BCUT2D eigenvalue weighted by molar-refractivity contribution is 6.36. The van der Waals surface area contributed by atoms with Crippen LogP contribution in [0.5, 0.6) is 0 Å². The summed E-state index contributed by atoms with van der Waals surface area (Å²) in [7, 11) is 3.33. The molecule has 0 spiro atoms. The molecule has 3 rings (SSSR count). The van der Waals surface area contributed by atoms with Gasteiger partial charge in [0.1, 0.15) is 11.0 Å². The van der Waals surface area contributed by atoms with E-state index in [4.69, 9.17) is 14.2 Å². The zero-order valence-corrected chi connectivity index (χ0v) is 18.1. The van der Waals surface area contributed by atoms with Gasteiger partial charge in [0.25, 0.3) is 0 Å². The minimum atomic E-state index is -1.91. The van der Waals surface area contributed by atoms with Crippen molar-refractivity contribution < 1.29 is 33.4 Å². The Labute approximate surface area is 185 Å². The molecule has 0 N–H and O–H groups in total. The molecule has 0 heterocycles. The molecule has 0 fully saturated rings. The van der Waals surface area contributed by atoms with Crippen molar-refractivity contribution in [3.05, 3.63) is 88.5 Å². The Hall–Kier alpha value is -4.00. The van der Waals surface area contributed by atoms with Gasteiger partial charge in [-0.2, -0.15) is 0 Å². The van der Waals surface area contributed by atoms with Gasteiger partial charge in [-0.05, 0) is 23.6 Å². The number of ketones is 1. The Morgan fingerprint density at radius 1 is 0.719 bits per heavy atom. The molecule has 0 amide bonds. The van der Waals surface area contributed by atoms with Crippen LogP contribution in [0, 0.1) is 5.41 Å². The van der Waals surface area contributed by atoms with Gasteiger partial charge in [0.15, 0.2) is 5.78 Å². The molecular formula is C25H22O7. The number of hydrogen-bond acceptors (Lipinski definition) is 7. The quantitative estimate of drug-likeness (QED) is 0.309. The number of Topliss-reactive ketones (excluding diaryl/α,β-unsaturated/α-hetero) is 1. The van der Waals surface area contributed by atoms with Crippen LogP contribution in [-0.4, -0.2) is 45.0 Å². The zero-order valence-electron chi connectivity index (χ0n) is 18.1. The lowest BCUT2D eigenvalue weighted by molar-refractivity contribution is -0.151. The SMILES string of the molecule is COC(=O)C1=C(C(=O)OC)[C@](C)(C(=O)OC)C(=C(c2ccccc2)c2ccccc2)C1=O. The van der Waals surface area contributed by atoms with Crippen molar-refractivity contribution in [2.75, 3.05) is 21.3 Å². The van der Waals surface area contributed by atoms with Crippen LogP contribution < -0.4 is 0 Å². The summed E-state index contributed by atoms with van der Waals surface area (Å²) in [5, 5.41) is 0. The molecule has 1 aliphatic carbocycles. The Kier molecular flexibility index (Phi) is 6.39. The summed E-state index contributed by atoms with van der Waals surface area (Å²) in [6, 6.07) is 17.8. The fraction of sp³-hybridized carbons (Fsp3) is 0.200. The molecule has 0 saturated carbocycles. The maximum Gasteiger partial charge on any atom is 0.342 e. The highest BCUT2D eigenvalue weighted by Crippen LogP contribution is 2.50. The van der Waals surface area contributed by atoms with Gasteiger partial charge in [-0.1, -0.05) is 60.7 Å². The second-order valence-electron chi connectivity index (χ2n) is 7.16. The van der Waals surface area contributed by atoms with Gasteiger partial charge in [-0.15, -0.1) is 0 Å². The molecule has 1 atom stereocenters. The molecular weight excluding hydrogens is 412 g/mol. The number of methoxy groups -OCH3 is 3. The first-order valence-electron chi connectivity index (χ1n) is 9.72. The van der Waals surface area contributed by atoms with E-state index in [1.54, 1.807) is 48.5 Å². The third-order valence-electron chi connectivity index (χ3n) is 5.45. The Morgan fingerprint density at radius 3 is 1.59 bits per heavy atom. The number of carbonyl (C=O) groups is 4. The monoisotopic (exact) mass is 434 g/mol. The molecule has 7 nitrogen and oxygen atoms in total. The summed E-state index contributed by atoms with van der Waals surface area (Å²) >= 11 is 0. The van der Waals surface area contributed by atoms with E-state index >= 15 is 0 Å². The van der Waals surface area contributed by atoms with Crippen molar-refractivity contribution in [2.24, 2.45) is 5.41 Å². The fourth-order valence-electron chi connectivity index (χ4n) is 3.98. The van der Waals surface area contributed by atoms with E-state index in [2.05, 4.69) is 0 Å². The van der Waals surface area contributed by atoms with E-state index in [0.29, 0.717) is 16.7 Å². The third kappa shape index (κ3) is 3.51. The van der Waals surface area contributed by atoms with Crippen LogP contribution in [0.15, 0.2) is 77.4 Å². The maximum atomic E-state index is 13.7. The van der Waals surface area contributed by atoms with Crippen LogP contribution in [0.25, 0.3) is 5.57 Å². The molecule has 0 bridgehead atoms. The molecule has 2 aromatic rings. The first-order valence-corrected chi connectivity index (χ1v) is 9.72. The molecule has 32 heavy (non-hydrogen) atoms. The summed E-state index contributed by atoms with van der Waals surface area (Å²) < 4.78 is 14.6. The van der Waals surface area contributed by atoms with Crippen molar-refractivity contribution in [1.82, 2.24) is 0 Å². The summed E-state index contributed by atoms with van der Waals surface area (Å²) in [5.41, 5.74) is -1.31. The van der Waals surface area contributed by atoms with Crippen LogP contribution in [-0.2, 0) is 33.4 Å². The van der Waals surface area contributed by atoms with Crippen molar-refractivity contribution >= 4 is 29.3 Å². The number of benzene rings is 2. The van der Waals surface area contributed by atoms with E-state index in [1.165, 1.54) is 6.92 Å². The number of carbonyl (C=O) groups excluding carboxylic acids is 4. The van der Waals surface area contributed by atoms with E-state index in [1.807, 2.05) is 12.1 Å². The molecule has 0 aliphatic heterocycles. The van der Waals surface area contributed by atoms with Crippen LogP contribution in [0.3, 0.4) is 0 Å². The van der Waals surface area contributed by atoms with Crippen LogP contribution in [0.1, 0.15) is 18.1 Å². The van der Waals surface area contributed by atoms with Crippen molar-refractivity contribution in [3.8, 4) is 0 Å². The largest absolute Gasteiger partial charge is 0.468 e. The highest BCUT2D eigenvalue weighted by atomic mass is 16.5. The number of rotatable bonds is 5. The lowest BCUT2D eigenvalue weighted by Gasteiger charge is -2.27. The lowest BCUT2D eigenvalue weighted by Crippen LogP contribution is -2.35. The summed E-state index contributed by atoms with van der Waals surface area (Å²) in [6.07, 6.45) is 0. The minimum absolute atomic E-state index is 0.0671. The molecule has 7 heteroatoms. The van der Waals surface area contributed by atoms with E-state index < -0.39 is 40.3 Å². The zero-order chi connectivity index (χ0) is 23.5. The van der Waals surface area contributed by atoms with Gasteiger partial charge in [0, 0.05) is 5.57 Å². The van der Waals surface area contributed by atoms with Gasteiger partial charge in [0.05, 0.1) is 26.9 Å². The molecule has 164 valence electrons.